The maximum Gasteiger partial charge on any atom is 0.305 e. The average molecular weight is 374 g/mol. The molecule has 0 spiro atoms. The van der Waals surface area contributed by atoms with E-state index in [0.717, 1.165) is 6.42 Å². The summed E-state index contributed by atoms with van der Waals surface area (Å²) < 4.78 is 11.5. The topological polar surface area (TPSA) is 84.9 Å². The van der Waals surface area contributed by atoms with Crippen molar-refractivity contribution in [2.24, 2.45) is 0 Å². The lowest BCUT2D eigenvalue weighted by Gasteiger charge is -2.15. The zero-order valence-electron chi connectivity index (χ0n) is 12.8. The van der Waals surface area contributed by atoms with Crippen molar-refractivity contribution in [1.82, 2.24) is 5.32 Å². The number of halogens is 1. The minimum absolute atomic E-state index is 0.137. The van der Waals surface area contributed by atoms with Crippen LogP contribution in [-0.2, 0) is 4.79 Å². The van der Waals surface area contributed by atoms with Crippen LogP contribution in [0.25, 0.3) is 0 Å². The molecule has 1 rings (SSSR count). The lowest BCUT2D eigenvalue weighted by Crippen LogP contribution is -2.34. The first-order chi connectivity index (χ1) is 10.4. The summed E-state index contributed by atoms with van der Waals surface area (Å²) in [6, 6.07) is 2.72. The van der Waals surface area contributed by atoms with Crippen LogP contribution in [0.4, 0.5) is 0 Å². The molecule has 0 fully saturated rings. The number of amides is 1. The molecule has 1 unspecified atom stereocenters. The monoisotopic (exact) mass is 373 g/mol. The predicted molar refractivity (Wildman–Crippen MR) is 85.7 cm³/mol. The summed E-state index contributed by atoms with van der Waals surface area (Å²) in [5.41, 5.74) is 0.366. The fraction of sp³-hybridized carbons (Fsp3) is 0.467. The van der Waals surface area contributed by atoms with Gasteiger partial charge in [-0.05, 0) is 41.4 Å². The molecule has 0 aliphatic carbocycles. The van der Waals surface area contributed by atoms with Crippen LogP contribution in [-0.4, -0.2) is 36.7 Å². The summed E-state index contributed by atoms with van der Waals surface area (Å²) in [5, 5.41) is 11.3. The quantitative estimate of drug-likeness (QED) is 0.731. The third-order valence-corrected chi connectivity index (χ3v) is 3.39. The number of ether oxygens (including phenoxy) is 2. The zero-order chi connectivity index (χ0) is 16.7. The van der Waals surface area contributed by atoms with Gasteiger partial charge in [0.1, 0.15) is 0 Å². The molecule has 1 aromatic carbocycles. The Labute approximate surface area is 137 Å². The highest BCUT2D eigenvalue weighted by molar-refractivity contribution is 9.10. The van der Waals surface area contributed by atoms with Crippen LogP contribution in [0.1, 0.15) is 37.0 Å². The van der Waals surface area contributed by atoms with Gasteiger partial charge in [-0.25, -0.2) is 0 Å². The van der Waals surface area contributed by atoms with Crippen LogP contribution in [0.15, 0.2) is 16.6 Å². The smallest absolute Gasteiger partial charge is 0.305 e. The fourth-order valence-electron chi connectivity index (χ4n) is 1.82. The van der Waals surface area contributed by atoms with Gasteiger partial charge >= 0.3 is 5.97 Å². The van der Waals surface area contributed by atoms with E-state index in [1.54, 1.807) is 19.1 Å². The first-order valence-corrected chi connectivity index (χ1v) is 7.71. The third kappa shape index (κ3) is 5.22. The first kappa shape index (κ1) is 18.3. The number of aliphatic carboxylic acids is 1. The molecule has 1 atom stereocenters. The number of carboxylic acids is 1. The van der Waals surface area contributed by atoms with Gasteiger partial charge in [-0.15, -0.1) is 0 Å². The van der Waals surface area contributed by atoms with Crippen LogP contribution in [0, 0.1) is 0 Å². The Morgan fingerprint density at radius 2 is 2.09 bits per heavy atom. The second-order valence-electron chi connectivity index (χ2n) is 4.81. The van der Waals surface area contributed by atoms with Crippen molar-refractivity contribution in [2.45, 2.75) is 32.7 Å². The first-order valence-electron chi connectivity index (χ1n) is 6.92. The SMILES string of the molecule is CCCOc1c(Br)cc(C(=O)NC(C)CC(=O)O)cc1OC. The Hall–Kier alpha value is -1.76. The molecule has 122 valence electrons. The van der Waals surface area contributed by atoms with E-state index in [9.17, 15) is 9.59 Å². The van der Waals surface area contributed by atoms with Gasteiger partial charge in [-0.1, -0.05) is 6.92 Å². The summed E-state index contributed by atoms with van der Waals surface area (Å²) >= 11 is 3.36. The van der Waals surface area contributed by atoms with Gasteiger partial charge < -0.3 is 19.9 Å². The summed E-state index contributed by atoms with van der Waals surface area (Å²) in [7, 11) is 1.50. The Morgan fingerprint density at radius 1 is 1.41 bits per heavy atom. The number of hydrogen-bond donors (Lipinski definition) is 2. The molecule has 0 heterocycles. The summed E-state index contributed by atoms with van der Waals surface area (Å²) in [5.74, 6) is -0.344. The number of rotatable bonds is 8. The van der Waals surface area contributed by atoms with Crippen molar-refractivity contribution in [3.63, 3.8) is 0 Å². The molecule has 1 aromatic rings. The summed E-state index contributed by atoms with van der Waals surface area (Å²) in [6.45, 7) is 4.17. The molecular formula is C15H20BrNO5. The standard InChI is InChI=1S/C15H20BrNO5/c1-4-5-22-14-11(16)7-10(8-12(14)21-3)15(20)17-9(2)6-13(18)19/h7-9H,4-6H2,1-3H3,(H,17,20)(H,18,19). The molecule has 7 heteroatoms. The van der Waals surface area contributed by atoms with Crippen LogP contribution in [0.2, 0.25) is 0 Å². The maximum absolute atomic E-state index is 12.2. The predicted octanol–water partition coefficient (Wildman–Crippen LogP) is 2.84. The number of carboxylic acid groups (broad SMARTS) is 1. The molecule has 1 amide bonds. The van der Waals surface area contributed by atoms with Crippen LogP contribution < -0.4 is 14.8 Å². The molecule has 0 radical (unpaired) electrons. The number of methoxy groups -OCH3 is 1. The Kier molecular flexibility index (Phi) is 7.17. The Balaban J connectivity index is 2.93. The third-order valence-electron chi connectivity index (χ3n) is 2.80. The molecule has 6 nitrogen and oxygen atoms in total. The van der Waals surface area contributed by atoms with Crippen molar-refractivity contribution in [2.75, 3.05) is 13.7 Å². The minimum atomic E-state index is -0.963. The second-order valence-corrected chi connectivity index (χ2v) is 5.66. The van der Waals surface area contributed by atoms with Crippen molar-refractivity contribution in [3.05, 3.63) is 22.2 Å². The molecule has 0 saturated heterocycles. The molecular weight excluding hydrogens is 354 g/mol. The van der Waals surface area contributed by atoms with E-state index in [0.29, 0.717) is 28.1 Å². The van der Waals surface area contributed by atoms with E-state index in [2.05, 4.69) is 21.2 Å². The normalized spacial score (nSPS) is 11.6. The van der Waals surface area contributed by atoms with Gasteiger partial charge in [0.2, 0.25) is 0 Å². The van der Waals surface area contributed by atoms with Gasteiger partial charge in [-0.3, -0.25) is 9.59 Å². The average Bonchev–Trinajstić information content (AvgIpc) is 2.44. The van der Waals surface area contributed by atoms with Crippen LogP contribution >= 0.6 is 15.9 Å². The Bertz CT molecular complexity index is 547. The van der Waals surface area contributed by atoms with Gasteiger partial charge in [0.15, 0.2) is 11.5 Å². The molecule has 0 saturated carbocycles. The number of benzene rings is 1. The van der Waals surface area contributed by atoms with Crippen molar-refractivity contribution < 1.29 is 24.2 Å². The molecule has 0 aromatic heterocycles. The summed E-state index contributed by atoms with van der Waals surface area (Å²) in [4.78, 5) is 22.8. The van der Waals surface area contributed by atoms with E-state index in [1.165, 1.54) is 7.11 Å². The molecule has 0 bridgehead atoms. The highest BCUT2D eigenvalue weighted by Gasteiger charge is 2.17. The highest BCUT2D eigenvalue weighted by Crippen LogP contribution is 2.36. The van der Waals surface area contributed by atoms with E-state index >= 15 is 0 Å². The van der Waals surface area contributed by atoms with Crippen molar-refractivity contribution >= 4 is 27.8 Å². The number of carbonyl (C=O) groups is 2. The van der Waals surface area contributed by atoms with Crippen LogP contribution in [0.5, 0.6) is 11.5 Å². The van der Waals surface area contributed by atoms with E-state index in [1.807, 2.05) is 6.92 Å². The van der Waals surface area contributed by atoms with E-state index in [4.69, 9.17) is 14.6 Å². The lowest BCUT2D eigenvalue weighted by atomic mass is 10.1. The lowest BCUT2D eigenvalue weighted by molar-refractivity contribution is -0.137. The second kappa shape index (κ2) is 8.63. The number of nitrogens with one attached hydrogen (secondary N) is 1. The van der Waals surface area contributed by atoms with E-state index in [-0.39, 0.29) is 12.3 Å². The minimum Gasteiger partial charge on any atom is -0.493 e. The van der Waals surface area contributed by atoms with Gasteiger partial charge in [0.05, 0.1) is 24.6 Å². The van der Waals surface area contributed by atoms with Gasteiger partial charge in [0.25, 0.3) is 5.91 Å². The number of carbonyl (C=O) groups excluding carboxylic acids is 1. The summed E-state index contributed by atoms with van der Waals surface area (Å²) in [6.07, 6.45) is 0.715. The largest absolute Gasteiger partial charge is 0.493 e. The molecule has 2 N–H and O–H groups in total. The zero-order valence-corrected chi connectivity index (χ0v) is 14.4. The van der Waals surface area contributed by atoms with Gasteiger partial charge in [0, 0.05) is 11.6 Å². The molecule has 0 aliphatic rings. The van der Waals surface area contributed by atoms with Crippen molar-refractivity contribution in [1.29, 1.82) is 0 Å². The molecule has 0 aliphatic heterocycles. The highest BCUT2D eigenvalue weighted by atomic mass is 79.9. The number of hydrogen-bond acceptors (Lipinski definition) is 4. The molecule has 22 heavy (non-hydrogen) atoms. The Morgan fingerprint density at radius 3 is 2.64 bits per heavy atom. The fourth-order valence-corrected chi connectivity index (χ4v) is 2.37. The van der Waals surface area contributed by atoms with Gasteiger partial charge in [-0.2, -0.15) is 0 Å². The van der Waals surface area contributed by atoms with Crippen molar-refractivity contribution in [3.8, 4) is 11.5 Å². The van der Waals surface area contributed by atoms with Crippen LogP contribution in [0.3, 0.4) is 0 Å². The maximum atomic E-state index is 12.2. The van der Waals surface area contributed by atoms with E-state index < -0.39 is 12.0 Å².